The van der Waals surface area contributed by atoms with Crippen LogP contribution in [-0.2, 0) is 4.79 Å². The summed E-state index contributed by atoms with van der Waals surface area (Å²) in [6, 6.07) is 4.20. The number of allylic oxidation sites excluding steroid dienone is 1. The molecule has 1 aromatic carbocycles. The summed E-state index contributed by atoms with van der Waals surface area (Å²) in [6.07, 6.45) is 2.85. The predicted octanol–water partition coefficient (Wildman–Crippen LogP) is 1.70. The molecular weight excluding hydrogens is 168 g/mol. The molecule has 0 unspecified atom stereocenters. The Balaban J connectivity index is 2.96. The monoisotopic (exact) mass is 178 g/mol. The summed E-state index contributed by atoms with van der Waals surface area (Å²) in [4.78, 5) is 10.6. The number of carbonyl (C=O) groups excluding carboxylic acids is 1. The zero-order valence-electron chi connectivity index (χ0n) is 7.19. The maximum atomic E-state index is 10.6. The van der Waals surface area contributed by atoms with E-state index in [1.807, 2.05) is 0 Å². The van der Waals surface area contributed by atoms with E-state index >= 15 is 0 Å². The van der Waals surface area contributed by atoms with Gasteiger partial charge in [0.2, 0.25) is 0 Å². The molecule has 0 aliphatic heterocycles. The third kappa shape index (κ3) is 2.63. The van der Waals surface area contributed by atoms with E-state index < -0.39 is 0 Å². The average molecular weight is 178 g/mol. The van der Waals surface area contributed by atoms with Crippen molar-refractivity contribution in [2.45, 2.75) is 6.92 Å². The first-order valence-electron chi connectivity index (χ1n) is 3.80. The minimum Gasteiger partial charge on any atom is -0.508 e. The van der Waals surface area contributed by atoms with Crippen LogP contribution in [0.25, 0.3) is 6.08 Å². The van der Waals surface area contributed by atoms with Crippen molar-refractivity contribution in [3.63, 3.8) is 0 Å². The van der Waals surface area contributed by atoms with Crippen molar-refractivity contribution in [3.05, 3.63) is 29.8 Å². The summed E-state index contributed by atoms with van der Waals surface area (Å²) >= 11 is 0. The van der Waals surface area contributed by atoms with E-state index in [9.17, 15) is 9.90 Å². The number of ketones is 1. The smallest absolute Gasteiger partial charge is 0.152 e. The number of hydrogen-bond donors (Lipinski definition) is 2. The molecule has 0 heterocycles. The van der Waals surface area contributed by atoms with Crippen LogP contribution in [0.15, 0.2) is 24.3 Å². The lowest BCUT2D eigenvalue weighted by atomic mass is 10.1. The Labute approximate surface area is 76.0 Å². The van der Waals surface area contributed by atoms with Gasteiger partial charge in [0.15, 0.2) is 5.78 Å². The Morgan fingerprint density at radius 2 is 2.08 bits per heavy atom. The van der Waals surface area contributed by atoms with Gasteiger partial charge in [-0.15, -0.1) is 0 Å². The molecule has 0 bridgehead atoms. The summed E-state index contributed by atoms with van der Waals surface area (Å²) in [7, 11) is 0. The van der Waals surface area contributed by atoms with Crippen molar-refractivity contribution in [3.8, 4) is 11.5 Å². The summed E-state index contributed by atoms with van der Waals surface area (Å²) in [5, 5.41) is 18.2. The maximum absolute atomic E-state index is 10.6. The molecule has 0 amide bonds. The lowest BCUT2D eigenvalue weighted by Gasteiger charge is -1.98. The lowest BCUT2D eigenvalue weighted by molar-refractivity contribution is -0.112. The second-order valence-electron chi connectivity index (χ2n) is 2.69. The largest absolute Gasteiger partial charge is 0.508 e. The highest BCUT2D eigenvalue weighted by Gasteiger charge is 1.97. The standard InChI is InChI=1S/C10H10O3/c1-7(11)2-3-8-4-5-9(12)6-10(8)13/h2-6,12-13H,1H3/b3-2+. The zero-order chi connectivity index (χ0) is 9.84. The van der Waals surface area contributed by atoms with E-state index in [-0.39, 0.29) is 17.3 Å². The predicted molar refractivity (Wildman–Crippen MR) is 49.5 cm³/mol. The molecule has 2 N–H and O–H groups in total. The second kappa shape index (κ2) is 3.76. The van der Waals surface area contributed by atoms with E-state index in [0.717, 1.165) is 0 Å². The molecule has 0 aliphatic rings. The Kier molecular flexibility index (Phi) is 2.69. The van der Waals surface area contributed by atoms with E-state index in [1.54, 1.807) is 0 Å². The third-order valence-electron chi connectivity index (χ3n) is 1.51. The van der Waals surface area contributed by atoms with E-state index in [2.05, 4.69) is 0 Å². The number of aromatic hydroxyl groups is 2. The second-order valence-corrected chi connectivity index (χ2v) is 2.69. The van der Waals surface area contributed by atoms with Crippen LogP contribution in [0.3, 0.4) is 0 Å². The van der Waals surface area contributed by atoms with Crippen LogP contribution < -0.4 is 0 Å². The molecule has 0 saturated carbocycles. The van der Waals surface area contributed by atoms with Crippen LogP contribution in [0, 0.1) is 0 Å². The highest BCUT2D eigenvalue weighted by molar-refractivity contribution is 5.91. The first-order chi connectivity index (χ1) is 6.09. The molecule has 0 atom stereocenters. The zero-order valence-corrected chi connectivity index (χ0v) is 7.19. The minimum atomic E-state index is -0.0903. The van der Waals surface area contributed by atoms with Crippen molar-refractivity contribution in [2.75, 3.05) is 0 Å². The highest BCUT2D eigenvalue weighted by atomic mass is 16.3. The van der Waals surface area contributed by atoms with Crippen LogP contribution in [0.2, 0.25) is 0 Å². The highest BCUT2D eigenvalue weighted by Crippen LogP contribution is 2.23. The Bertz CT molecular complexity index is 353. The van der Waals surface area contributed by atoms with Crippen LogP contribution in [0.5, 0.6) is 11.5 Å². The van der Waals surface area contributed by atoms with Gasteiger partial charge in [-0.3, -0.25) is 4.79 Å². The molecule has 0 spiro atoms. The van der Waals surface area contributed by atoms with Crippen molar-refractivity contribution >= 4 is 11.9 Å². The van der Waals surface area contributed by atoms with Gasteiger partial charge in [-0.2, -0.15) is 0 Å². The quantitative estimate of drug-likeness (QED) is 0.677. The van der Waals surface area contributed by atoms with Gasteiger partial charge in [0.1, 0.15) is 11.5 Å². The van der Waals surface area contributed by atoms with Gasteiger partial charge in [-0.25, -0.2) is 0 Å². The number of benzene rings is 1. The summed E-state index contributed by atoms with van der Waals surface area (Å²) in [5.74, 6) is -0.137. The Morgan fingerprint density at radius 1 is 1.38 bits per heavy atom. The molecule has 0 aliphatic carbocycles. The molecule has 3 heteroatoms. The number of rotatable bonds is 2. The Morgan fingerprint density at radius 3 is 2.62 bits per heavy atom. The van der Waals surface area contributed by atoms with Gasteiger partial charge in [0.05, 0.1) is 0 Å². The summed E-state index contributed by atoms with van der Waals surface area (Å²) in [5.41, 5.74) is 0.507. The normalized spacial score (nSPS) is 10.5. The van der Waals surface area contributed by atoms with Crippen molar-refractivity contribution < 1.29 is 15.0 Å². The van der Waals surface area contributed by atoms with Crippen LogP contribution >= 0.6 is 0 Å². The molecule has 0 fully saturated rings. The van der Waals surface area contributed by atoms with Gasteiger partial charge in [0.25, 0.3) is 0 Å². The van der Waals surface area contributed by atoms with Gasteiger partial charge in [-0.1, -0.05) is 0 Å². The number of phenolic OH excluding ortho intramolecular Hbond substituents is 2. The molecule has 13 heavy (non-hydrogen) atoms. The molecule has 0 saturated heterocycles. The van der Waals surface area contributed by atoms with Crippen LogP contribution in [0.1, 0.15) is 12.5 Å². The number of phenols is 2. The van der Waals surface area contributed by atoms with Gasteiger partial charge in [0, 0.05) is 11.6 Å². The number of hydrogen-bond acceptors (Lipinski definition) is 3. The summed E-state index contributed by atoms with van der Waals surface area (Å²) < 4.78 is 0. The Hall–Kier alpha value is -1.77. The van der Waals surface area contributed by atoms with Gasteiger partial charge < -0.3 is 10.2 Å². The fourth-order valence-electron chi connectivity index (χ4n) is 0.880. The molecule has 68 valence electrons. The first-order valence-corrected chi connectivity index (χ1v) is 3.80. The van der Waals surface area contributed by atoms with Crippen molar-refractivity contribution in [1.29, 1.82) is 0 Å². The average Bonchev–Trinajstić information content (AvgIpc) is 2.02. The number of carbonyl (C=O) groups is 1. The molecule has 1 rings (SSSR count). The van der Waals surface area contributed by atoms with Gasteiger partial charge in [-0.05, 0) is 31.2 Å². The fraction of sp³-hybridized carbons (Fsp3) is 0.100. The van der Waals surface area contributed by atoms with Crippen molar-refractivity contribution in [1.82, 2.24) is 0 Å². The van der Waals surface area contributed by atoms with Crippen LogP contribution in [0.4, 0.5) is 0 Å². The first kappa shape index (κ1) is 9.32. The topological polar surface area (TPSA) is 57.5 Å². The third-order valence-corrected chi connectivity index (χ3v) is 1.51. The SMILES string of the molecule is CC(=O)/C=C/c1ccc(O)cc1O. The summed E-state index contributed by atoms with van der Waals surface area (Å²) in [6.45, 7) is 1.42. The van der Waals surface area contributed by atoms with E-state index in [0.29, 0.717) is 5.56 Å². The van der Waals surface area contributed by atoms with E-state index in [4.69, 9.17) is 5.11 Å². The molecule has 3 nitrogen and oxygen atoms in total. The van der Waals surface area contributed by atoms with Crippen LogP contribution in [-0.4, -0.2) is 16.0 Å². The van der Waals surface area contributed by atoms with Gasteiger partial charge >= 0.3 is 0 Å². The lowest BCUT2D eigenvalue weighted by Crippen LogP contribution is -1.80. The van der Waals surface area contributed by atoms with E-state index in [1.165, 1.54) is 37.3 Å². The van der Waals surface area contributed by atoms with Crippen molar-refractivity contribution in [2.24, 2.45) is 0 Å². The maximum Gasteiger partial charge on any atom is 0.152 e. The molecular formula is C10H10O3. The molecule has 0 radical (unpaired) electrons. The minimum absolute atomic E-state index is 0.00234. The molecule has 0 aromatic heterocycles. The fourth-order valence-corrected chi connectivity index (χ4v) is 0.880. The molecule has 1 aromatic rings.